The molecule has 0 aliphatic heterocycles. The van der Waals surface area contributed by atoms with Gasteiger partial charge < -0.3 is 29.9 Å². The molecule has 16 heteroatoms. The third kappa shape index (κ3) is 15.3. The van der Waals surface area contributed by atoms with Crippen molar-refractivity contribution in [1.29, 1.82) is 0 Å². The molecule has 0 unspecified atom stereocenters. The average molecular weight is 1090 g/mol. The monoisotopic (exact) mass is 1090 g/mol. The minimum atomic E-state index is 0.375. The van der Waals surface area contributed by atoms with Gasteiger partial charge in [-0.05, 0) is 104 Å². The first-order valence-electron chi connectivity index (χ1n) is 26.3. The number of hydrogen-bond donors (Lipinski definition) is 6. The summed E-state index contributed by atoms with van der Waals surface area (Å²) in [5.41, 5.74) is 14.7. The van der Waals surface area contributed by atoms with Crippen LogP contribution in [-0.4, -0.2) is 64.8 Å². The number of hydrogen-bond acceptors (Lipinski definition) is 7. The normalized spacial score (nSPS) is 11.4. The van der Waals surface area contributed by atoms with Crippen molar-refractivity contribution in [2.24, 2.45) is 0 Å². The van der Waals surface area contributed by atoms with Gasteiger partial charge in [-0.1, -0.05) is 142 Å². The number of halogens is 3. The van der Waals surface area contributed by atoms with Crippen molar-refractivity contribution >= 4 is 101 Å². The van der Waals surface area contributed by atoms with Crippen molar-refractivity contribution in [2.75, 3.05) is 0 Å². The molecule has 0 saturated heterocycles. The fraction of sp³-hybridized carbons (Fsp3) is 0.328. The molecule has 0 saturated carbocycles. The van der Waals surface area contributed by atoms with Gasteiger partial charge in [0, 0.05) is 46.7 Å². The Balaban J connectivity index is 0.000000134. The molecule has 7 heterocycles. The number of nitrogens with zero attached hydrogens (tertiary/aromatic N) is 7. The second-order valence-corrected chi connectivity index (χ2v) is 22.3. The summed E-state index contributed by atoms with van der Waals surface area (Å²) in [5.74, 6) is 8.81. The van der Waals surface area contributed by atoms with E-state index in [1.165, 1.54) is 11.1 Å². The Bertz CT molecular complexity index is 3440. The van der Waals surface area contributed by atoms with Crippen molar-refractivity contribution in [3.05, 3.63) is 170 Å². The molecule has 77 heavy (non-hydrogen) atoms. The predicted molar refractivity (Wildman–Crippen MR) is 323 cm³/mol. The lowest BCUT2D eigenvalue weighted by Gasteiger charge is -1.95. The van der Waals surface area contributed by atoms with Crippen LogP contribution in [0.4, 0.5) is 0 Å². The molecule has 0 atom stereocenters. The Hall–Kier alpha value is -7.06. The average Bonchev–Trinajstić information content (AvgIpc) is 4.26. The van der Waals surface area contributed by atoms with E-state index >= 15 is 0 Å². The first kappa shape index (κ1) is 57.6. The molecule has 402 valence electrons. The maximum absolute atomic E-state index is 5.90. The van der Waals surface area contributed by atoms with E-state index in [-0.39, 0.29) is 0 Å². The largest absolute Gasteiger partial charge is 0.342 e. The number of aromatic amines is 6. The number of rotatable bonds is 6. The molecule has 0 aliphatic rings. The van der Waals surface area contributed by atoms with Gasteiger partial charge in [-0.15, -0.1) is 0 Å². The van der Waals surface area contributed by atoms with Gasteiger partial charge in [0.1, 0.15) is 34.9 Å². The fourth-order valence-electron chi connectivity index (χ4n) is 7.79. The molecule has 7 aromatic heterocycles. The lowest BCUT2D eigenvalue weighted by atomic mass is 10.2. The summed E-state index contributed by atoms with van der Waals surface area (Å²) in [5, 5.41) is 1.84. The van der Waals surface area contributed by atoms with Crippen LogP contribution in [0.3, 0.4) is 0 Å². The summed E-state index contributed by atoms with van der Waals surface area (Å²) >= 11 is 17.6. The molecular formula is C61H72Cl3N13. The van der Waals surface area contributed by atoms with E-state index in [2.05, 4.69) is 198 Å². The van der Waals surface area contributed by atoms with Crippen LogP contribution in [0.15, 0.2) is 109 Å². The third-order valence-corrected chi connectivity index (χ3v) is 13.2. The quantitative estimate of drug-likeness (QED) is 0.0957. The number of aromatic nitrogens is 13. The van der Waals surface area contributed by atoms with Crippen molar-refractivity contribution in [3.63, 3.8) is 0 Å². The number of nitrogens with one attached hydrogen (secondary N) is 6. The van der Waals surface area contributed by atoms with Gasteiger partial charge >= 0.3 is 0 Å². The Labute approximate surface area is 466 Å². The number of pyridine rings is 1. The van der Waals surface area contributed by atoms with E-state index < -0.39 is 0 Å². The van der Waals surface area contributed by atoms with Gasteiger partial charge in [0.05, 0.1) is 70.7 Å². The number of benzene rings is 5. The zero-order valence-corrected chi connectivity index (χ0v) is 48.9. The van der Waals surface area contributed by atoms with Crippen LogP contribution in [0.25, 0.3) is 66.3 Å². The summed E-state index contributed by atoms with van der Waals surface area (Å²) in [6, 6.07) is 33.8. The maximum Gasteiger partial charge on any atom is 0.177 e. The molecule has 6 N–H and O–H groups in total. The van der Waals surface area contributed by atoms with E-state index in [4.69, 9.17) is 34.8 Å². The molecule has 0 amide bonds. The van der Waals surface area contributed by atoms with Crippen LogP contribution in [-0.2, 0) is 0 Å². The van der Waals surface area contributed by atoms with Crippen LogP contribution in [0.5, 0.6) is 0 Å². The lowest BCUT2D eigenvalue weighted by Crippen LogP contribution is -1.88. The van der Waals surface area contributed by atoms with Crippen molar-refractivity contribution in [2.45, 2.75) is 132 Å². The SMILES string of the molecule is CC(C)c1nc2cc(Cl)c(Cl)cc2[nH]1.CC(C)c1nc2ccc(Cl)cc2[nH]1.CC(C)c1nc2ccccc2[nH]1.CC(C)c1nc2ncccc2[nH]1.Cc1ccc2nc(C(C)C)[nH]c2c1.Cc1ccc2nc(C(C)C)[nH]c2c1. The third-order valence-electron chi connectivity index (χ3n) is 12.3. The molecule has 13 nitrogen and oxygen atoms in total. The van der Waals surface area contributed by atoms with Crippen LogP contribution >= 0.6 is 34.8 Å². The van der Waals surface area contributed by atoms with E-state index in [1.807, 2.05) is 54.6 Å². The van der Waals surface area contributed by atoms with E-state index in [0.717, 1.165) is 106 Å². The summed E-state index contributed by atoms with van der Waals surface area (Å²) in [7, 11) is 0. The number of aryl methyl sites for hydroxylation is 2. The summed E-state index contributed by atoms with van der Waals surface area (Å²) < 4.78 is 0. The second-order valence-electron chi connectivity index (χ2n) is 21.0. The van der Waals surface area contributed by atoms with Crippen molar-refractivity contribution in [1.82, 2.24) is 64.8 Å². The number of fused-ring (bicyclic) bond motifs is 6. The molecule has 0 spiro atoms. The van der Waals surface area contributed by atoms with E-state index in [1.54, 1.807) is 18.3 Å². The van der Waals surface area contributed by atoms with Gasteiger partial charge in [-0.25, -0.2) is 34.9 Å². The van der Waals surface area contributed by atoms with Crippen LogP contribution < -0.4 is 0 Å². The van der Waals surface area contributed by atoms with Crippen molar-refractivity contribution in [3.8, 4) is 0 Å². The predicted octanol–water partition coefficient (Wildman–Crippen LogP) is 18.1. The summed E-state index contributed by atoms with van der Waals surface area (Å²) in [6.45, 7) is 29.6. The Morgan fingerprint density at radius 3 is 1.13 bits per heavy atom. The molecule has 0 fully saturated rings. The highest BCUT2D eigenvalue weighted by molar-refractivity contribution is 6.42. The fourth-order valence-corrected chi connectivity index (χ4v) is 8.28. The number of H-pyrrole nitrogens is 6. The Kier molecular flexibility index (Phi) is 19.4. The minimum absolute atomic E-state index is 0.375. The smallest absolute Gasteiger partial charge is 0.177 e. The number of imidazole rings is 6. The summed E-state index contributed by atoms with van der Waals surface area (Å²) in [6.07, 6.45) is 1.76. The maximum atomic E-state index is 5.90. The van der Waals surface area contributed by atoms with Crippen LogP contribution in [0.1, 0.15) is 165 Å². The van der Waals surface area contributed by atoms with Gasteiger partial charge in [0.25, 0.3) is 0 Å². The second kappa shape index (κ2) is 25.9. The zero-order valence-electron chi connectivity index (χ0n) is 46.6. The molecule has 12 rings (SSSR count). The van der Waals surface area contributed by atoms with Gasteiger partial charge in [0.2, 0.25) is 0 Å². The van der Waals surface area contributed by atoms with Crippen LogP contribution in [0, 0.1) is 13.8 Å². The Morgan fingerprint density at radius 2 is 0.675 bits per heavy atom. The topological polar surface area (TPSA) is 185 Å². The number of para-hydroxylation sites is 2. The molecule has 12 aromatic rings. The van der Waals surface area contributed by atoms with Crippen molar-refractivity contribution < 1.29 is 0 Å². The lowest BCUT2D eigenvalue weighted by molar-refractivity contribution is 0.798. The zero-order chi connectivity index (χ0) is 55.7. The first-order chi connectivity index (χ1) is 36.6. The summed E-state index contributed by atoms with van der Waals surface area (Å²) in [4.78, 5) is 50.4. The van der Waals surface area contributed by atoms with Gasteiger partial charge in [-0.2, -0.15) is 0 Å². The molecule has 5 aromatic carbocycles. The highest BCUT2D eigenvalue weighted by Gasteiger charge is 2.11. The highest BCUT2D eigenvalue weighted by Crippen LogP contribution is 2.28. The van der Waals surface area contributed by atoms with Crippen LogP contribution in [0.2, 0.25) is 15.1 Å². The highest BCUT2D eigenvalue weighted by atomic mass is 35.5. The standard InChI is InChI=1S/2C11H14N2.C10H10Cl2N2.C10H11ClN2.C10H12N2.C9H11N3/c2*1-7(2)11-12-9-5-4-8(3)6-10(9)13-11;1-5(2)10-13-8-3-6(11)7(12)4-9(8)14-10;1-6(2)10-12-8-4-3-7(11)5-9(8)13-10;1-7(2)10-11-8-5-3-4-6-9(8)12-10;1-6(2)8-11-7-4-3-5-10-9(7)12-8/h2*4-7H,1-3H3,(H,12,13);3-5H,1-2H3,(H,13,14);3-6H,1-2H3,(H,12,13);3-7H,1-2H3,(H,11,12);3-6H,1-2H3,(H,10,11,12). The van der Waals surface area contributed by atoms with Gasteiger partial charge in [-0.3, -0.25) is 0 Å². The molecule has 0 bridgehead atoms. The molecular weight excluding hydrogens is 1020 g/mol. The minimum Gasteiger partial charge on any atom is -0.342 e. The van der Waals surface area contributed by atoms with E-state index in [0.29, 0.717) is 45.6 Å². The van der Waals surface area contributed by atoms with Gasteiger partial charge in [0.15, 0.2) is 5.65 Å². The van der Waals surface area contributed by atoms with E-state index in [9.17, 15) is 0 Å². The molecule has 0 radical (unpaired) electrons. The molecule has 0 aliphatic carbocycles. The Morgan fingerprint density at radius 1 is 0.325 bits per heavy atom. The first-order valence-corrected chi connectivity index (χ1v) is 27.4.